The normalized spacial score (nSPS) is 19.2. The van der Waals surface area contributed by atoms with E-state index in [0.717, 1.165) is 31.6 Å². The third kappa shape index (κ3) is 3.72. The van der Waals surface area contributed by atoms with Crippen LogP contribution in [0.15, 0.2) is 30.3 Å². The minimum absolute atomic E-state index is 0. The summed E-state index contributed by atoms with van der Waals surface area (Å²) in [5.41, 5.74) is 0.803. The molecule has 0 aliphatic carbocycles. The molecule has 0 spiro atoms. The number of hydrogen-bond donors (Lipinski definition) is 1. The van der Waals surface area contributed by atoms with Crippen LogP contribution in [0.3, 0.4) is 0 Å². The number of hydrogen-bond acceptors (Lipinski definition) is 2. The number of rotatable bonds is 3. The molecule has 1 aromatic carbocycles. The van der Waals surface area contributed by atoms with Crippen LogP contribution in [0.2, 0.25) is 0 Å². The van der Waals surface area contributed by atoms with Crippen molar-refractivity contribution in [1.29, 1.82) is 0 Å². The fraction of sp³-hybridized carbons (Fsp3) is 0.500. The standard InChI is InChI=1S/C14H20N2O.ClH/c1-15-10-12-6-5-9-16(11-12)14(17)13-7-3-2-4-8-13;/h2-4,7-8,12,15H,5-6,9-11H2,1H3;1H. The zero-order chi connectivity index (χ0) is 12.1. The average molecular weight is 269 g/mol. The monoisotopic (exact) mass is 268 g/mol. The lowest BCUT2D eigenvalue weighted by Crippen LogP contribution is -2.42. The van der Waals surface area contributed by atoms with Gasteiger partial charge >= 0.3 is 0 Å². The number of halogens is 1. The number of amides is 1. The lowest BCUT2D eigenvalue weighted by molar-refractivity contribution is 0.0674. The van der Waals surface area contributed by atoms with Gasteiger partial charge < -0.3 is 10.2 Å². The molecule has 1 unspecified atom stereocenters. The molecule has 0 saturated carbocycles. The van der Waals surface area contributed by atoms with Gasteiger partial charge in [-0.2, -0.15) is 0 Å². The number of benzene rings is 1. The summed E-state index contributed by atoms with van der Waals surface area (Å²) in [6, 6.07) is 9.56. The quantitative estimate of drug-likeness (QED) is 0.911. The van der Waals surface area contributed by atoms with Gasteiger partial charge in [-0.25, -0.2) is 0 Å². The average Bonchev–Trinajstić information content (AvgIpc) is 2.40. The SMILES string of the molecule is CNCC1CCCN(C(=O)c2ccccc2)C1.Cl. The maximum Gasteiger partial charge on any atom is 0.253 e. The van der Waals surface area contributed by atoms with Gasteiger partial charge in [0.1, 0.15) is 0 Å². The Morgan fingerprint density at radius 1 is 1.39 bits per heavy atom. The number of nitrogens with zero attached hydrogens (tertiary/aromatic N) is 1. The second-order valence-corrected chi connectivity index (χ2v) is 4.68. The Bertz CT molecular complexity index is 367. The molecule has 100 valence electrons. The maximum atomic E-state index is 12.3. The van der Waals surface area contributed by atoms with Crippen molar-refractivity contribution in [3.05, 3.63) is 35.9 Å². The van der Waals surface area contributed by atoms with Crippen LogP contribution < -0.4 is 5.32 Å². The number of piperidine rings is 1. The first kappa shape index (κ1) is 15.0. The van der Waals surface area contributed by atoms with Crippen molar-refractivity contribution in [3.8, 4) is 0 Å². The Morgan fingerprint density at radius 2 is 2.11 bits per heavy atom. The van der Waals surface area contributed by atoms with Gasteiger partial charge in [0.2, 0.25) is 0 Å². The predicted molar refractivity (Wildman–Crippen MR) is 76.2 cm³/mol. The fourth-order valence-electron chi connectivity index (χ4n) is 2.47. The van der Waals surface area contributed by atoms with Crippen molar-refractivity contribution < 1.29 is 4.79 Å². The number of carbonyl (C=O) groups is 1. The van der Waals surface area contributed by atoms with E-state index in [2.05, 4.69) is 5.32 Å². The third-order valence-corrected chi connectivity index (χ3v) is 3.32. The molecule has 1 N–H and O–H groups in total. The zero-order valence-corrected chi connectivity index (χ0v) is 11.6. The van der Waals surface area contributed by atoms with Crippen molar-refractivity contribution in [2.75, 3.05) is 26.7 Å². The molecule has 4 heteroatoms. The Balaban J connectivity index is 0.00000162. The van der Waals surface area contributed by atoms with E-state index in [4.69, 9.17) is 0 Å². The highest BCUT2D eigenvalue weighted by atomic mass is 35.5. The summed E-state index contributed by atoms with van der Waals surface area (Å²) < 4.78 is 0. The van der Waals surface area contributed by atoms with E-state index in [1.165, 1.54) is 6.42 Å². The van der Waals surface area contributed by atoms with Crippen LogP contribution in [0.5, 0.6) is 0 Å². The summed E-state index contributed by atoms with van der Waals surface area (Å²) in [7, 11) is 1.97. The van der Waals surface area contributed by atoms with E-state index in [1.807, 2.05) is 42.3 Å². The first-order valence-corrected chi connectivity index (χ1v) is 6.30. The second-order valence-electron chi connectivity index (χ2n) is 4.68. The molecule has 1 amide bonds. The summed E-state index contributed by atoms with van der Waals surface area (Å²) in [6.45, 7) is 2.78. The van der Waals surface area contributed by atoms with Gasteiger partial charge in [-0.1, -0.05) is 18.2 Å². The smallest absolute Gasteiger partial charge is 0.253 e. The van der Waals surface area contributed by atoms with Crippen molar-refractivity contribution in [2.24, 2.45) is 5.92 Å². The first-order chi connectivity index (χ1) is 8.31. The van der Waals surface area contributed by atoms with Crippen LogP contribution in [0, 0.1) is 5.92 Å². The van der Waals surface area contributed by atoms with Crippen LogP contribution in [0.4, 0.5) is 0 Å². The van der Waals surface area contributed by atoms with E-state index in [9.17, 15) is 4.79 Å². The van der Waals surface area contributed by atoms with Crippen LogP contribution in [-0.2, 0) is 0 Å². The molecule has 18 heavy (non-hydrogen) atoms. The van der Waals surface area contributed by atoms with E-state index < -0.39 is 0 Å². The Labute approximate surface area is 115 Å². The largest absolute Gasteiger partial charge is 0.338 e. The molecule has 1 atom stereocenters. The summed E-state index contributed by atoms with van der Waals surface area (Å²) >= 11 is 0. The van der Waals surface area contributed by atoms with Gasteiger partial charge in [0.25, 0.3) is 5.91 Å². The summed E-state index contributed by atoms with van der Waals surface area (Å²) in [4.78, 5) is 14.2. The summed E-state index contributed by atoms with van der Waals surface area (Å²) in [5.74, 6) is 0.771. The van der Waals surface area contributed by atoms with E-state index in [1.54, 1.807) is 0 Å². The molecule has 2 rings (SSSR count). The van der Waals surface area contributed by atoms with Gasteiger partial charge in [-0.3, -0.25) is 4.79 Å². The van der Waals surface area contributed by atoms with Crippen LogP contribution in [-0.4, -0.2) is 37.5 Å². The summed E-state index contributed by atoms with van der Waals surface area (Å²) in [6.07, 6.45) is 2.34. The highest BCUT2D eigenvalue weighted by Gasteiger charge is 2.23. The molecule has 1 saturated heterocycles. The molecular weight excluding hydrogens is 248 g/mol. The minimum Gasteiger partial charge on any atom is -0.338 e. The van der Waals surface area contributed by atoms with Crippen molar-refractivity contribution in [1.82, 2.24) is 10.2 Å². The maximum absolute atomic E-state index is 12.3. The molecule has 0 bridgehead atoms. The highest BCUT2D eigenvalue weighted by Crippen LogP contribution is 2.17. The topological polar surface area (TPSA) is 32.3 Å². The molecule has 1 fully saturated rings. The van der Waals surface area contributed by atoms with Crippen molar-refractivity contribution >= 4 is 18.3 Å². The third-order valence-electron chi connectivity index (χ3n) is 3.32. The van der Waals surface area contributed by atoms with Gasteiger partial charge in [-0.15, -0.1) is 12.4 Å². The molecule has 3 nitrogen and oxygen atoms in total. The van der Waals surface area contributed by atoms with E-state index >= 15 is 0 Å². The lowest BCUT2D eigenvalue weighted by Gasteiger charge is -2.32. The van der Waals surface area contributed by atoms with E-state index in [0.29, 0.717) is 5.92 Å². The number of nitrogens with one attached hydrogen (secondary N) is 1. The highest BCUT2D eigenvalue weighted by molar-refractivity contribution is 5.94. The molecular formula is C14H21ClN2O. The van der Waals surface area contributed by atoms with Gasteiger partial charge in [0.15, 0.2) is 0 Å². The van der Waals surface area contributed by atoms with Crippen molar-refractivity contribution in [2.45, 2.75) is 12.8 Å². The fourth-order valence-corrected chi connectivity index (χ4v) is 2.47. The number of likely N-dealkylation sites (tertiary alicyclic amines) is 1. The van der Waals surface area contributed by atoms with Crippen LogP contribution in [0.25, 0.3) is 0 Å². The molecule has 0 aromatic heterocycles. The number of carbonyl (C=O) groups excluding carboxylic acids is 1. The molecule has 1 aromatic rings. The Kier molecular flexibility index (Phi) is 6.16. The van der Waals surface area contributed by atoms with Crippen molar-refractivity contribution in [3.63, 3.8) is 0 Å². The molecule has 1 aliphatic rings. The van der Waals surface area contributed by atoms with Gasteiger partial charge in [-0.05, 0) is 44.5 Å². The zero-order valence-electron chi connectivity index (χ0n) is 10.8. The Morgan fingerprint density at radius 3 is 2.78 bits per heavy atom. The molecule has 1 aliphatic heterocycles. The van der Waals surface area contributed by atoms with Gasteiger partial charge in [0.05, 0.1) is 0 Å². The predicted octanol–water partition coefficient (Wildman–Crippen LogP) is 2.18. The molecule has 1 heterocycles. The lowest BCUT2D eigenvalue weighted by atomic mass is 9.97. The van der Waals surface area contributed by atoms with Crippen LogP contribution in [0.1, 0.15) is 23.2 Å². The molecule has 0 radical (unpaired) electrons. The minimum atomic E-state index is 0. The van der Waals surface area contributed by atoms with Gasteiger partial charge in [0, 0.05) is 18.7 Å². The first-order valence-electron chi connectivity index (χ1n) is 6.30. The summed E-state index contributed by atoms with van der Waals surface area (Å²) in [5, 5.41) is 3.20. The van der Waals surface area contributed by atoms with E-state index in [-0.39, 0.29) is 18.3 Å². The second kappa shape index (κ2) is 7.39. The van der Waals surface area contributed by atoms with Crippen LogP contribution >= 0.6 is 12.4 Å². The Hall–Kier alpha value is -1.06.